The van der Waals surface area contributed by atoms with Gasteiger partial charge in [0.1, 0.15) is 0 Å². The highest BCUT2D eigenvalue weighted by molar-refractivity contribution is 7.80. The molecule has 28 heavy (non-hydrogen) atoms. The third-order valence-corrected chi connectivity index (χ3v) is 2.48. The van der Waals surface area contributed by atoms with Crippen LogP contribution in [-0.4, -0.2) is 42.1 Å². The molecule has 0 aliphatic rings. The lowest BCUT2D eigenvalue weighted by Crippen LogP contribution is -2.12. The molecule has 0 heterocycles. The zero-order chi connectivity index (χ0) is 23.1. The van der Waals surface area contributed by atoms with Crippen molar-refractivity contribution in [3.8, 4) is 0 Å². The Morgan fingerprint density at radius 2 is 1.14 bits per heavy atom. The predicted octanol–water partition coefficient (Wildman–Crippen LogP) is 2.80. The Balaban J connectivity index is 0. The zero-order valence-electron chi connectivity index (χ0n) is 13.7. The fourth-order valence-corrected chi connectivity index (χ4v) is 1.37. The molecule has 9 nitrogen and oxygen atoms in total. The van der Waals surface area contributed by atoms with E-state index in [1.165, 1.54) is 14.0 Å². The van der Waals surface area contributed by atoms with Crippen molar-refractivity contribution in [1.29, 1.82) is 0 Å². The fourth-order valence-electron chi connectivity index (χ4n) is 1.37. The summed E-state index contributed by atoms with van der Waals surface area (Å²) in [5.41, 5.74) is -2.75. The fraction of sp³-hybridized carbons (Fsp3) is 0.455. The first-order valence-corrected chi connectivity index (χ1v) is 9.03. The molecule has 0 radical (unpaired) electrons. The van der Waals surface area contributed by atoms with E-state index in [2.05, 4.69) is 5.32 Å². The first-order valence-electron chi connectivity index (χ1n) is 6.30. The molecule has 0 aliphatic heterocycles. The summed E-state index contributed by atoms with van der Waals surface area (Å²) in [4.78, 5) is 0. The molecule has 0 aliphatic carbocycles. The summed E-state index contributed by atoms with van der Waals surface area (Å²) in [6.45, 7) is 1.43. The third kappa shape index (κ3) is 16.7. The Bertz CT molecular complexity index is 757. The van der Waals surface area contributed by atoms with E-state index >= 15 is 0 Å². The molecule has 0 aromatic heterocycles. The van der Waals surface area contributed by atoms with Gasteiger partial charge >= 0.3 is 22.8 Å². The molecule has 1 aromatic carbocycles. The van der Waals surface area contributed by atoms with Crippen molar-refractivity contribution < 1.29 is 61.4 Å². The van der Waals surface area contributed by atoms with Gasteiger partial charge in [-0.25, -0.2) is 0 Å². The second-order valence-electron chi connectivity index (χ2n) is 4.63. The van der Waals surface area contributed by atoms with E-state index < -0.39 is 50.3 Å². The molecule has 0 saturated heterocycles. The van der Waals surface area contributed by atoms with E-state index in [0.717, 1.165) is 0 Å². The molecule has 0 amide bonds. The van der Waals surface area contributed by atoms with Gasteiger partial charge in [-0.15, -0.1) is 6.04 Å². The van der Waals surface area contributed by atoms with Gasteiger partial charge in [-0.05, 0) is 18.2 Å². The molecule has 2 N–H and O–H groups in total. The van der Waals surface area contributed by atoms with Gasteiger partial charge in [0.05, 0.1) is 11.1 Å². The first-order chi connectivity index (χ1) is 12.1. The standard InChI is InChI=1S/C11H10F6N.2H2O4S/c1-6(18-2)7-3-8(10(12,13)14)5-9(4-7)11(15,16)17;2*1-5(2,3)4/h3-6H,1-2H3;2*(H2,1,2,3,4)/q-1;;/p-2/t6-;;/m1../s1. The number of hydrogen-bond acceptors (Lipinski definition) is 6. The number of hydrogen-bond donors (Lipinski definition) is 2. The molecule has 0 saturated carbocycles. The van der Waals surface area contributed by atoms with Crippen LogP contribution in [0.3, 0.4) is 0 Å². The molecular formula is C11H12F6NO8S2-3. The van der Waals surface area contributed by atoms with Gasteiger partial charge in [0.25, 0.3) is 0 Å². The number of nitrogens with zero attached hydrogens (tertiary/aromatic N) is 1. The van der Waals surface area contributed by atoms with Crippen LogP contribution in [0.1, 0.15) is 29.7 Å². The summed E-state index contributed by atoms with van der Waals surface area (Å²) in [7, 11) is -8.50. The monoisotopic (exact) mass is 464 g/mol. The highest BCUT2D eigenvalue weighted by Crippen LogP contribution is 2.38. The van der Waals surface area contributed by atoms with Gasteiger partial charge in [-0.2, -0.15) is 41.8 Å². The molecule has 0 bridgehead atoms. The van der Waals surface area contributed by atoms with Crippen molar-refractivity contribution in [3.05, 3.63) is 40.2 Å². The minimum Gasteiger partial charge on any atom is -0.759 e. The van der Waals surface area contributed by atoms with Crippen molar-refractivity contribution >= 4 is 20.8 Å². The number of rotatable bonds is 2. The molecule has 1 atom stereocenters. The van der Waals surface area contributed by atoms with Crippen LogP contribution in [0.15, 0.2) is 18.2 Å². The normalized spacial score (nSPS) is 13.6. The van der Waals surface area contributed by atoms with Crippen LogP contribution in [0, 0.1) is 0 Å². The Hall–Kier alpha value is -1.50. The molecule has 0 fully saturated rings. The molecule has 1 rings (SSSR count). The van der Waals surface area contributed by atoms with E-state index in [4.69, 9.17) is 35.0 Å². The molecule has 166 valence electrons. The predicted molar refractivity (Wildman–Crippen MR) is 78.8 cm³/mol. The van der Waals surface area contributed by atoms with Crippen molar-refractivity contribution in [3.63, 3.8) is 0 Å². The van der Waals surface area contributed by atoms with E-state index in [1.54, 1.807) is 0 Å². The molecule has 0 spiro atoms. The van der Waals surface area contributed by atoms with E-state index in [-0.39, 0.29) is 11.6 Å². The van der Waals surface area contributed by atoms with E-state index in [1.807, 2.05) is 0 Å². The van der Waals surface area contributed by atoms with Crippen molar-refractivity contribution in [2.45, 2.75) is 25.3 Å². The average Bonchev–Trinajstić information content (AvgIpc) is 2.40. The van der Waals surface area contributed by atoms with Crippen LogP contribution in [-0.2, 0) is 33.2 Å². The minimum atomic E-state index is -5.17. The molecular weight excluding hydrogens is 452 g/mol. The summed E-state index contributed by atoms with van der Waals surface area (Å²) < 4.78 is 141. The largest absolute Gasteiger partial charge is 0.759 e. The zero-order valence-corrected chi connectivity index (χ0v) is 15.3. The Kier molecular flexibility index (Phi) is 10.6. The lowest BCUT2D eigenvalue weighted by Gasteiger charge is -2.25. The van der Waals surface area contributed by atoms with Crippen LogP contribution < -0.4 is 0 Å². The van der Waals surface area contributed by atoms with Gasteiger partial charge in [0.15, 0.2) is 0 Å². The Morgan fingerprint density at radius 1 is 0.893 bits per heavy atom. The van der Waals surface area contributed by atoms with Crippen molar-refractivity contribution in [2.75, 3.05) is 7.05 Å². The van der Waals surface area contributed by atoms with Crippen LogP contribution >= 0.6 is 0 Å². The topological polar surface area (TPSA) is 169 Å². The molecule has 1 aromatic rings. The maximum Gasteiger partial charge on any atom is 0.416 e. The summed E-state index contributed by atoms with van der Waals surface area (Å²) in [6.07, 6.45) is -9.63. The number of alkyl halides is 6. The minimum absolute atomic E-state index is 0.103. The highest BCUT2D eigenvalue weighted by atomic mass is 32.3. The van der Waals surface area contributed by atoms with Crippen LogP contribution in [0.5, 0.6) is 0 Å². The second-order valence-corrected chi connectivity index (χ2v) is 6.34. The molecule has 0 unspecified atom stereocenters. The van der Waals surface area contributed by atoms with Crippen LogP contribution in [0.25, 0.3) is 5.32 Å². The SMILES string of the molecule is C[N-][C@H](C)c1cc(C(F)(F)F)cc(C(F)(F)F)c1.O=S(=O)(O)O.O=S(=O)([O-])[O-]. The van der Waals surface area contributed by atoms with Crippen molar-refractivity contribution in [1.82, 2.24) is 0 Å². The molecule has 17 heteroatoms. The van der Waals surface area contributed by atoms with Gasteiger partial charge in [-0.1, -0.05) is 12.5 Å². The summed E-state index contributed by atoms with van der Waals surface area (Å²) in [5, 5.41) is 3.67. The summed E-state index contributed by atoms with van der Waals surface area (Å²) in [6, 6.07) is 0.750. The maximum absolute atomic E-state index is 12.5. The third-order valence-electron chi connectivity index (χ3n) is 2.48. The number of benzene rings is 1. The van der Waals surface area contributed by atoms with Crippen molar-refractivity contribution in [2.24, 2.45) is 0 Å². The summed E-state index contributed by atoms with van der Waals surface area (Å²) in [5.74, 6) is 0. The lowest BCUT2D eigenvalue weighted by molar-refractivity contribution is -0.143. The number of halogens is 6. The first kappa shape index (κ1) is 28.7. The van der Waals surface area contributed by atoms with E-state index in [9.17, 15) is 26.3 Å². The summed E-state index contributed by atoms with van der Waals surface area (Å²) >= 11 is 0. The van der Waals surface area contributed by atoms with Gasteiger partial charge < -0.3 is 14.4 Å². The van der Waals surface area contributed by atoms with E-state index in [0.29, 0.717) is 12.1 Å². The Labute approximate surface area is 155 Å². The average molecular weight is 464 g/mol. The van der Waals surface area contributed by atoms with Crippen LogP contribution in [0.4, 0.5) is 26.3 Å². The Morgan fingerprint density at radius 3 is 1.32 bits per heavy atom. The van der Waals surface area contributed by atoms with Gasteiger partial charge in [0, 0.05) is 10.4 Å². The second kappa shape index (κ2) is 10.3. The highest BCUT2D eigenvalue weighted by Gasteiger charge is 2.36. The quantitative estimate of drug-likeness (QED) is 0.382. The van der Waals surface area contributed by atoms with Gasteiger partial charge in [-0.3, -0.25) is 17.5 Å². The smallest absolute Gasteiger partial charge is 0.416 e. The van der Waals surface area contributed by atoms with Gasteiger partial charge in [0.2, 0.25) is 0 Å². The maximum atomic E-state index is 12.5. The van der Waals surface area contributed by atoms with Crippen LogP contribution in [0.2, 0.25) is 0 Å². The lowest BCUT2D eigenvalue weighted by atomic mass is 10.0.